The number of carboxylic acid groups (broad SMARTS) is 1. The van der Waals surface area contributed by atoms with Crippen molar-refractivity contribution in [2.24, 2.45) is 0 Å². The highest BCUT2D eigenvalue weighted by atomic mass is 35.5. The highest BCUT2D eigenvalue weighted by molar-refractivity contribution is 7.99. The minimum absolute atomic E-state index is 0.285. The number of nitrogens with zero attached hydrogens (tertiary/aromatic N) is 1. The quantitative estimate of drug-likeness (QED) is 0.784. The van der Waals surface area contributed by atoms with E-state index >= 15 is 0 Å². The third-order valence-corrected chi connectivity index (χ3v) is 3.77. The summed E-state index contributed by atoms with van der Waals surface area (Å²) in [5, 5.41) is 9.38. The average molecular weight is 316 g/mol. The fourth-order valence-electron chi connectivity index (χ4n) is 1.81. The lowest BCUT2D eigenvalue weighted by Crippen LogP contribution is -2.36. The van der Waals surface area contributed by atoms with Crippen LogP contribution in [0.4, 0.5) is 0 Å². The largest absolute Gasteiger partial charge is 0.480 e. The molecule has 0 saturated carbocycles. The van der Waals surface area contributed by atoms with E-state index in [1.807, 2.05) is 13.8 Å². The second kappa shape index (κ2) is 8.17. The van der Waals surface area contributed by atoms with Crippen molar-refractivity contribution < 1.29 is 14.7 Å². The minimum Gasteiger partial charge on any atom is -0.480 e. The van der Waals surface area contributed by atoms with Crippen LogP contribution >= 0.6 is 23.4 Å². The molecule has 0 heterocycles. The molecule has 1 amide bonds. The molecule has 0 aliphatic carbocycles. The Morgan fingerprint density at radius 3 is 2.60 bits per heavy atom. The van der Waals surface area contributed by atoms with E-state index in [0.29, 0.717) is 23.6 Å². The molecule has 0 saturated heterocycles. The molecular formula is C14H18ClNO3S. The SMILES string of the molecule is CCCN(CC(=O)O)C(=O)c1cc(Cl)ccc1SCC. The zero-order valence-corrected chi connectivity index (χ0v) is 13.1. The van der Waals surface area contributed by atoms with Crippen LogP contribution in [0.5, 0.6) is 0 Å². The average Bonchev–Trinajstić information content (AvgIpc) is 2.39. The molecule has 1 N–H and O–H groups in total. The van der Waals surface area contributed by atoms with Gasteiger partial charge in [-0.2, -0.15) is 0 Å². The zero-order chi connectivity index (χ0) is 15.1. The van der Waals surface area contributed by atoms with E-state index in [0.717, 1.165) is 10.6 Å². The molecular weight excluding hydrogens is 298 g/mol. The molecule has 0 aliphatic rings. The van der Waals surface area contributed by atoms with E-state index in [4.69, 9.17) is 16.7 Å². The van der Waals surface area contributed by atoms with Crippen molar-refractivity contribution in [1.29, 1.82) is 0 Å². The fraction of sp³-hybridized carbons (Fsp3) is 0.429. The maximum atomic E-state index is 12.5. The second-order valence-corrected chi connectivity index (χ2v) is 5.94. The Morgan fingerprint density at radius 2 is 2.05 bits per heavy atom. The molecule has 6 heteroatoms. The van der Waals surface area contributed by atoms with Crippen molar-refractivity contribution in [1.82, 2.24) is 4.90 Å². The van der Waals surface area contributed by atoms with Gasteiger partial charge in [-0.25, -0.2) is 0 Å². The Hall–Kier alpha value is -1.20. The van der Waals surface area contributed by atoms with Gasteiger partial charge >= 0.3 is 5.97 Å². The van der Waals surface area contributed by atoms with Crippen LogP contribution in [0.3, 0.4) is 0 Å². The Morgan fingerprint density at radius 1 is 1.35 bits per heavy atom. The first kappa shape index (κ1) is 16.9. The van der Waals surface area contributed by atoms with Gasteiger partial charge in [0, 0.05) is 16.5 Å². The van der Waals surface area contributed by atoms with E-state index in [1.165, 1.54) is 16.7 Å². The Balaban J connectivity index is 3.08. The van der Waals surface area contributed by atoms with E-state index in [2.05, 4.69) is 0 Å². The van der Waals surface area contributed by atoms with Crippen LogP contribution in [0, 0.1) is 0 Å². The Bertz CT molecular complexity index is 493. The van der Waals surface area contributed by atoms with Crippen LogP contribution in [0.25, 0.3) is 0 Å². The number of amides is 1. The third kappa shape index (κ3) is 4.72. The molecule has 0 aliphatic heterocycles. The van der Waals surface area contributed by atoms with E-state index in [9.17, 15) is 9.59 Å². The lowest BCUT2D eigenvalue weighted by molar-refractivity contribution is -0.137. The number of halogens is 1. The molecule has 0 bridgehead atoms. The van der Waals surface area contributed by atoms with Crippen LogP contribution in [-0.2, 0) is 4.79 Å². The number of carbonyl (C=O) groups excluding carboxylic acids is 1. The molecule has 0 radical (unpaired) electrons. The van der Waals surface area contributed by atoms with Crippen LogP contribution in [-0.4, -0.2) is 40.7 Å². The number of benzene rings is 1. The summed E-state index contributed by atoms with van der Waals surface area (Å²) in [4.78, 5) is 25.5. The van der Waals surface area contributed by atoms with Gasteiger partial charge in [0.2, 0.25) is 0 Å². The maximum Gasteiger partial charge on any atom is 0.323 e. The highest BCUT2D eigenvalue weighted by Crippen LogP contribution is 2.26. The van der Waals surface area contributed by atoms with Gasteiger partial charge in [-0.05, 0) is 30.4 Å². The molecule has 0 aromatic heterocycles. The number of hydrogen-bond acceptors (Lipinski definition) is 3. The summed E-state index contributed by atoms with van der Waals surface area (Å²) in [6, 6.07) is 5.14. The first-order valence-electron chi connectivity index (χ1n) is 6.43. The van der Waals surface area contributed by atoms with Crippen LogP contribution in [0.1, 0.15) is 30.6 Å². The number of hydrogen-bond donors (Lipinski definition) is 1. The molecule has 1 aromatic rings. The summed E-state index contributed by atoms with van der Waals surface area (Å²) in [6.07, 6.45) is 0.704. The summed E-state index contributed by atoms with van der Waals surface area (Å²) in [5.41, 5.74) is 0.471. The maximum absolute atomic E-state index is 12.5. The lowest BCUT2D eigenvalue weighted by Gasteiger charge is -2.21. The number of rotatable bonds is 7. The van der Waals surface area contributed by atoms with Gasteiger partial charge in [-0.15, -0.1) is 11.8 Å². The van der Waals surface area contributed by atoms with Crippen molar-refractivity contribution in [3.63, 3.8) is 0 Å². The molecule has 20 heavy (non-hydrogen) atoms. The smallest absolute Gasteiger partial charge is 0.323 e. The van der Waals surface area contributed by atoms with Gasteiger partial charge in [0.25, 0.3) is 5.91 Å². The number of thioether (sulfide) groups is 1. The molecule has 0 unspecified atom stereocenters. The lowest BCUT2D eigenvalue weighted by atomic mass is 10.2. The number of carbonyl (C=O) groups is 2. The van der Waals surface area contributed by atoms with Crippen LogP contribution in [0.15, 0.2) is 23.1 Å². The van der Waals surface area contributed by atoms with Crippen molar-refractivity contribution in [2.45, 2.75) is 25.2 Å². The number of aliphatic carboxylic acids is 1. The van der Waals surface area contributed by atoms with Gasteiger partial charge < -0.3 is 10.0 Å². The van der Waals surface area contributed by atoms with Gasteiger partial charge in [0.1, 0.15) is 6.54 Å². The van der Waals surface area contributed by atoms with Crippen LogP contribution in [0.2, 0.25) is 5.02 Å². The fourth-order valence-corrected chi connectivity index (χ4v) is 2.76. The minimum atomic E-state index is -1.02. The predicted octanol–water partition coefficient (Wildman–Crippen LogP) is 3.39. The van der Waals surface area contributed by atoms with Crippen molar-refractivity contribution in [3.8, 4) is 0 Å². The Labute approximate surface area is 128 Å². The summed E-state index contributed by atoms with van der Waals surface area (Å²) < 4.78 is 0. The second-order valence-electron chi connectivity index (χ2n) is 4.19. The molecule has 1 rings (SSSR count). The first-order chi connectivity index (χ1) is 9.49. The molecule has 110 valence electrons. The predicted molar refractivity (Wildman–Crippen MR) is 81.7 cm³/mol. The van der Waals surface area contributed by atoms with Crippen LogP contribution < -0.4 is 0 Å². The highest BCUT2D eigenvalue weighted by Gasteiger charge is 2.20. The summed E-state index contributed by atoms with van der Waals surface area (Å²) in [5.74, 6) is -0.472. The Kier molecular flexibility index (Phi) is 6.88. The topological polar surface area (TPSA) is 57.6 Å². The van der Waals surface area contributed by atoms with E-state index < -0.39 is 5.97 Å². The molecule has 1 aromatic carbocycles. The van der Waals surface area contributed by atoms with E-state index in [-0.39, 0.29) is 12.5 Å². The van der Waals surface area contributed by atoms with E-state index in [1.54, 1.807) is 18.2 Å². The third-order valence-electron chi connectivity index (χ3n) is 2.58. The van der Waals surface area contributed by atoms with Gasteiger partial charge in [0.15, 0.2) is 0 Å². The van der Waals surface area contributed by atoms with Crippen molar-refractivity contribution >= 4 is 35.2 Å². The molecule has 0 atom stereocenters. The normalized spacial score (nSPS) is 10.3. The summed E-state index contributed by atoms with van der Waals surface area (Å²) >= 11 is 7.49. The van der Waals surface area contributed by atoms with Crippen molar-refractivity contribution in [3.05, 3.63) is 28.8 Å². The van der Waals surface area contributed by atoms with Gasteiger partial charge in [-0.1, -0.05) is 25.4 Å². The molecule has 0 fully saturated rings. The van der Waals surface area contributed by atoms with Gasteiger partial charge in [0.05, 0.1) is 5.56 Å². The van der Waals surface area contributed by atoms with Crippen molar-refractivity contribution in [2.75, 3.05) is 18.8 Å². The first-order valence-corrected chi connectivity index (χ1v) is 7.79. The number of carboxylic acids is 1. The molecule has 0 spiro atoms. The summed E-state index contributed by atoms with van der Waals surface area (Å²) in [7, 11) is 0. The standard InChI is InChI=1S/C14H18ClNO3S/c1-3-7-16(9-13(17)18)14(19)11-8-10(15)5-6-12(11)20-4-2/h5-6,8H,3-4,7,9H2,1-2H3,(H,17,18). The molecule has 4 nitrogen and oxygen atoms in total. The van der Waals surface area contributed by atoms with Gasteiger partial charge in [-0.3, -0.25) is 9.59 Å². The summed E-state index contributed by atoms with van der Waals surface area (Å²) in [6.45, 7) is 4.01. The zero-order valence-electron chi connectivity index (χ0n) is 11.6. The monoisotopic (exact) mass is 315 g/mol.